The van der Waals surface area contributed by atoms with Gasteiger partial charge in [0.05, 0.1) is 11.3 Å². The van der Waals surface area contributed by atoms with Gasteiger partial charge < -0.3 is 10.2 Å². The molecule has 0 spiro atoms. The molecular formula is C19H26N4. The zero-order valence-corrected chi connectivity index (χ0v) is 14.5. The molecule has 4 nitrogen and oxygen atoms in total. The van der Waals surface area contributed by atoms with Gasteiger partial charge in [0.25, 0.3) is 0 Å². The van der Waals surface area contributed by atoms with Crippen LogP contribution >= 0.6 is 0 Å². The van der Waals surface area contributed by atoms with Crippen LogP contribution in [0.5, 0.6) is 0 Å². The normalized spacial score (nSPS) is 22.0. The number of nitriles is 1. The van der Waals surface area contributed by atoms with Crippen LogP contribution in [0.1, 0.15) is 31.4 Å². The molecule has 1 N–H and O–H groups in total. The topological polar surface area (TPSA) is 51.4 Å². The van der Waals surface area contributed by atoms with Crippen molar-refractivity contribution in [1.29, 1.82) is 5.26 Å². The van der Waals surface area contributed by atoms with Gasteiger partial charge in [-0.3, -0.25) is 4.99 Å². The maximum atomic E-state index is 9.36. The van der Waals surface area contributed by atoms with Crippen molar-refractivity contribution in [2.24, 2.45) is 10.9 Å². The van der Waals surface area contributed by atoms with Gasteiger partial charge in [-0.15, -0.1) is 0 Å². The Morgan fingerprint density at radius 3 is 2.83 bits per heavy atom. The second kappa shape index (κ2) is 7.94. The van der Waals surface area contributed by atoms with Crippen LogP contribution in [0.4, 0.5) is 11.4 Å². The smallest absolute Gasteiger partial charge is 0.101 e. The summed E-state index contributed by atoms with van der Waals surface area (Å²) < 4.78 is 0. The van der Waals surface area contributed by atoms with Crippen LogP contribution in [0, 0.1) is 24.2 Å². The van der Waals surface area contributed by atoms with Gasteiger partial charge in [-0.25, -0.2) is 0 Å². The molecule has 1 aromatic carbocycles. The molecule has 0 aromatic heterocycles. The molecule has 0 unspecified atom stereocenters. The predicted molar refractivity (Wildman–Crippen MR) is 97.7 cm³/mol. The zero-order chi connectivity index (χ0) is 16.8. The number of rotatable bonds is 4. The first-order chi connectivity index (χ1) is 11.1. The van der Waals surface area contributed by atoms with E-state index in [1.807, 2.05) is 32.2 Å². The molecule has 122 valence electrons. The first-order valence-corrected chi connectivity index (χ1v) is 8.22. The third-order valence-corrected chi connectivity index (χ3v) is 4.41. The molecule has 1 heterocycles. The van der Waals surface area contributed by atoms with E-state index in [-0.39, 0.29) is 0 Å². The molecule has 1 aliphatic heterocycles. The molecular weight excluding hydrogens is 284 g/mol. The molecule has 1 fully saturated rings. The lowest BCUT2D eigenvalue weighted by molar-refractivity contribution is 0.366. The van der Waals surface area contributed by atoms with Gasteiger partial charge in [0.15, 0.2) is 0 Å². The van der Waals surface area contributed by atoms with Crippen molar-refractivity contribution in [3.05, 3.63) is 35.4 Å². The summed E-state index contributed by atoms with van der Waals surface area (Å²) in [5.41, 5.74) is 3.67. The Labute approximate surface area is 139 Å². The van der Waals surface area contributed by atoms with E-state index in [1.165, 1.54) is 12.1 Å². The van der Waals surface area contributed by atoms with Crippen molar-refractivity contribution in [2.75, 3.05) is 25.0 Å². The van der Waals surface area contributed by atoms with Gasteiger partial charge in [0.1, 0.15) is 6.07 Å². The Balaban J connectivity index is 2.39. The highest BCUT2D eigenvalue weighted by Gasteiger charge is 2.25. The minimum absolute atomic E-state index is 0.503. The van der Waals surface area contributed by atoms with E-state index in [9.17, 15) is 5.26 Å². The Hall–Kier alpha value is -2.12. The SMILES string of the molecule is C/C=C/C=N\c1c(C#N)ccc(N2C[C@@H](C)C[C@@H](NC)C2)c1C. The number of allylic oxidation sites excluding steroid dienone is 2. The monoisotopic (exact) mass is 310 g/mol. The molecule has 1 aromatic rings. The van der Waals surface area contributed by atoms with E-state index in [0.29, 0.717) is 17.5 Å². The highest BCUT2D eigenvalue weighted by Crippen LogP contribution is 2.34. The molecule has 4 heteroatoms. The third-order valence-electron chi connectivity index (χ3n) is 4.41. The van der Waals surface area contributed by atoms with E-state index >= 15 is 0 Å². The number of hydrogen-bond donors (Lipinski definition) is 1. The van der Waals surface area contributed by atoms with Gasteiger partial charge in [-0.05, 0) is 57.0 Å². The zero-order valence-electron chi connectivity index (χ0n) is 14.5. The number of piperidine rings is 1. The largest absolute Gasteiger partial charge is 0.369 e. The summed E-state index contributed by atoms with van der Waals surface area (Å²) in [7, 11) is 2.03. The Morgan fingerprint density at radius 1 is 1.39 bits per heavy atom. The molecule has 2 rings (SSSR count). The van der Waals surface area contributed by atoms with E-state index < -0.39 is 0 Å². The number of hydrogen-bond acceptors (Lipinski definition) is 4. The van der Waals surface area contributed by atoms with Crippen LogP contribution < -0.4 is 10.2 Å². The summed E-state index contributed by atoms with van der Waals surface area (Å²) in [6, 6.07) is 6.71. The second-order valence-corrected chi connectivity index (χ2v) is 6.25. The number of aliphatic imine (C=N–C) groups is 1. The number of nitrogens with one attached hydrogen (secondary N) is 1. The van der Waals surface area contributed by atoms with Crippen molar-refractivity contribution in [3.63, 3.8) is 0 Å². The van der Waals surface area contributed by atoms with Gasteiger partial charge in [0.2, 0.25) is 0 Å². The molecule has 0 saturated carbocycles. The fraction of sp³-hybridized carbons (Fsp3) is 0.474. The lowest BCUT2D eigenvalue weighted by atomic mass is 9.94. The maximum Gasteiger partial charge on any atom is 0.101 e. The van der Waals surface area contributed by atoms with Crippen LogP contribution in [-0.4, -0.2) is 32.4 Å². The molecule has 1 aliphatic rings. The molecule has 0 amide bonds. The standard InChI is InChI=1S/C19H26N4/c1-5-6-9-22-19-15(3)18(8-7-16(19)11-20)23-12-14(2)10-17(13-23)21-4/h5-9,14,17,21H,10,12-13H2,1-4H3/b6-5+,22-9-/t14-,17+/m0/s1. The minimum atomic E-state index is 0.503. The Bertz CT molecular complexity index is 640. The van der Waals surface area contributed by atoms with Crippen molar-refractivity contribution in [3.8, 4) is 6.07 Å². The Morgan fingerprint density at radius 2 is 2.17 bits per heavy atom. The summed E-state index contributed by atoms with van der Waals surface area (Å²) >= 11 is 0. The highest BCUT2D eigenvalue weighted by atomic mass is 15.2. The third kappa shape index (κ3) is 4.00. The quantitative estimate of drug-likeness (QED) is 0.865. The van der Waals surface area contributed by atoms with Crippen molar-refractivity contribution < 1.29 is 0 Å². The van der Waals surface area contributed by atoms with E-state index in [4.69, 9.17) is 0 Å². The first kappa shape index (κ1) is 17.2. The van der Waals surface area contributed by atoms with Gasteiger partial charge in [-0.1, -0.05) is 13.0 Å². The molecule has 0 radical (unpaired) electrons. The minimum Gasteiger partial charge on any atom is -0.369 e. The number of likely N-dealkylation sites (N-methyl/N-ethyl adjacent to an activating group) is 1. The summed E-state index contributed by atoms with van der Waals surface area (Å²) in [6.45, 7) is 8.34. The fourth-order valence-electron chi connectivity index (χ4n) is 3.25. The van der Waals surface area contributed by atoms with Gasteiger partial charge in [0, 0.05) is 31.0 Å². The molecule has 0 aliphatic carbocycles. The highest BCUT2D eigenvalue weighted by molar-refractivity contribution is 5.79. The summed E-state index contributed by atoms with van der Waals surface area (Å²) in [4.78, 5) is 6.92. The molecule has 1 saturated heterocycles. The second-order valence-electron chi connectivity index (χ2n) is 6.25. The summed E-state index contributed by atoms with van der Waals surface area (Å²) in [6.07, 6.45) is 6.77. The van der Waals surface area contributed by atoms with Crippen LogP contribution in [0.25, 0.3) is 0 Å². The predicted octanol–water partition coefficient (Wildman–Crippen LogP) is 3.58. The lowest BCUT2D eigenvalue weighted by Crippen LogP contribution is -2.47. The lowest BCUT2D eigenvalue weighted by Gasteiger charge is -2.38. The van der Waals surface area contributed by atoms with Crippen LogP contribution in [0.3, 0.4) is 0 Å². The van der Waals surface area contributed by atoms with Crippen molar-refractivity contribution in [2.45, 2.75) is 33.2 Å². The average molecular weight is 310 g/mol. The van der Waals surface area contributed by atoms with E-state index in [2.05, 4.69) is 41.2 Å². The van der Waals surface area contributed by atoms with E-state index in [0.717, 1.165) is 24.3 Å². The van der Waals surface area contributed by atoms with Gasteiger partial charge in [-0.2, -0.15) is 5.26 Å². The van der Waals surface area contributed by atoms with Crippen LogP contribution in [0.15, 0.2) is 29.3 Å². The maximum absolute atomic E-state index is 9.36. The van der Waals surface area contributed by atoms with Gasteiger partial charge >= 0.3 is 0 Å². The summed E-state index contributed by atoms with van der Waals surface area (Å²) in [5.74, 6) is 0.645. The number of anilines is 1. The number of nitrogens with zero attached hydrogens (tertiary/aromatic N) is 3. The number of benzene rings is 1. The van der Waals surface area contributed by atoms with Crippen molar-refractivity contribution >= 4 is 17.6 Å². The summed E-state index contributed by atoms with van der Waals surface area (Å²) in [5, 5.41) is 12.8. The first-order valence-electron chi connectivity index (χ1n) is 8.22. The van der Waals surface area contributed by atoms with E-state index in [1.54, 1.807) is 6.21 Å². The van der Waals surface area contributed by atoms with Crippen molar-refractivity contribution in [1.82, 2.24) is 5.32 Å². The molecule has 2 atom stereocenters. The van der Waals surface area contributed by atoms with Crippen LogP contribution in [0.2, 0.25) is 0 Å². The molecule has 23 heavy (non-hydrogen) atoms. The van der Waals surface area contributed by atoms with Crippen LogP contribution in [-0.2, 0) is 0 Å². The fourth-order valence-corrected chi connectivity index (χ4v) is 3.25. The molecule has 0 bridgehead atoms. The Kier molecular flexibility index (Phi) is 5.95. The average Bonchev–Trinajstić information content (AvgIpc) is 2.55.